The van der Waals surface area contributed by atoms with E-state index < -0.39 is 0 Å². The molecule has 2 aromatic carbocycles. The Labute approximate surface area is 194 Å². The maximum absolute atomic E-state index is 13.1. The number of benzene rings is 2. The Bertz CT molecular complexity index is 1020. The Morgan fingerprint density at radius 3 is 2.47 bits per heavy atom. The minimum atomic E-state index is -0.195. The van der Waals surface area contributed by atoms with Gasteiger partial charge in [-0.15, -0.1) is 0 Å². The lowest BCUT2D eigenvalue weighted by atomic mass is 9.80. The van der Waals surface area contributed by atoms with Crippen molar-refractivity contribution in [2.45, 2.75) is 31.7 Å². The molecule has 0 spiro atoms. The molecule has 3 aromatic rings. The van der Waals surface area contributed by atoms with Crippen LogP contribution in [0.5, 0.6) is 0 Å². The molecule has 2 heterocycles. The number of hydrogen-bond donors (Lipinski definition) is 3. The molecule has 3 N–H and O–H groups in total. The maximum Gasteiger partial charge on any atom is 0.258 e. The second kappa shape index (κ2) is 10.6. The summed E-state index contributed by atoms with van der Waals surface area (Å²) in [6.45, 7) is 4.32. The molecule has 0 aliphatic carbocycles. The van der Waals surface area contributed by atoms with Crippen molar-refractivity contribution in [1.82, 2.24) is 10.3 Å². The van der Waals surface area contributed by atoms with Gasteiger partial charge in [0, 0.05) is 23.8 Å². The van der Waals surface area contributed by atoms with E-state index in [0.717, 1.165) is 31.6 Å². The fourth-order valence-corrected chi connectivity index (χ4v) is 4.55. The van der Waals surface area contributed by atoms with Gasteiger partial charge in [-0.3, -0.25) is 4.79 Å². The average Bonchev–Trinajstić information content (AvgIpc) is 2.85. The van der Waals surface area contributed by atoms with E-state index in [2.05, 4.69) is 52.1 Å². The van der Waals surface area contributed by atoms with Crippen LogP contribution >= 0.6 is 11.6 Å². The number of nitrogens with zero attached hydrogens (tertiary/aromatic N) is 1. The number of aromatic nitrogens is 1. The lowest BCUT2D eigenvalue weighted by molar-refractivity contribution is 0.102. The topological polar surface area (TPSA) is 66.0 Å². The van der Waals surface area contributed by atoms with Crippen LogP contribution < -0.4 is 16.0 Å². The first-order valence-corrected chi connectivity index (χ1v) is 11.5. The molecular weight excluding hydrogens is 420 g/mol. The normalized spacial score (nSPS) is 16.2. The number of pyridine rings is 1. The summed E-state index contributed by atoms with van der Waals surface area (Å²) >= 11 is 5.91. The Balaban J connectivity index is 1.59. The zero-order valence-electron chi connectivity index (χ0n) is 18.2. The highest BCUT2D eigenvalue weighted by Crippen LogP contribution is 2.32. The molecule has 4 rings (SSSR count). The average molecular weight is 449 g/mol. The van der Waals surface area contributed by atoms with Crippen molar-refractivity contribution in [2.75, 3.05) is 23.7 Å². The van der Waals surface area contributed by atoms with Crippen LogP contribution in [0.4, 0.5) is 11.5 Å². The fraction of sp³-hybridized carbons (Fsp3) is 0.308. The van der Waals surface area contributed by atoms with Gasteiger partial charge in [0.2, 0.25) is 0 Å². The molecule has 1 amide bonds. The summed E-state index contributed by atoms with van der Waals surface area (Å²) in [4.78, 5) is 17.3. The highest BCUT2D eigenvalue weighted by molar-refractivity contribution is 6.30. The molecule has 1 aromatic heterocycles. The molecule has 1 aliphatic rings. The largest absolute Gasteiger partial charge is 0.381 e. The van der Waals surface area contributed by atoms with Gasteiger partial charge in [-0.05, 0) is 61.7 Å². The molecule has 1 saturated heterocycles. The van der Waals surface area contributed by atoms with Crippen LogP contribution in [-0.4, -0.2) is 30.0 Å². The molecule has 0 saturated carbocycles. The number of rotatable bonds is 7. The molecule has 32 heavy (non-hydrogen) atoms. The molecule has 2 atom stereocenters. The third-order valence-corrected chi connectivity index (χ3v) is 6.44. The number of para-hydroxylation sites is 1. The molecule has 0 bridgehead atoms. The summed E-state index contributed by atoms with van der Waals surface area (Å²) < 4.78 is 0. The maximum atomic E-state index is 13.1. The number of carbonyl (C=O) groups is 1. The number of hydrogen-bond acceptors (Lipinski definition) is 4. The van der Waals surface area contributed by atoms with E-state index in [4.69, 9.17) is 11.6 Å². The molecule has 2 unspecified atom stereocenters. The SMILES string of the molecule is CC(c1ccccc1)C(Nc1ccccc1C(=O)Nc1ccc(Cl)cn1)C1CCNCC1. The summed E-state index contributed by atoms with van der Waals surface area (Å²) in [5, 5.41) is 10.6. The molecular formula is C26H29ClN4O. The molecule has 0 radical (unpaired) electrons. The lowest BCUT2D eigenvalue weighted by Gasteiger charge is -2.36. The van der Waals surface area contributed by atoms with Crippen LogP contribution in [0.3, 0.4) is 0 Å². The Kier molecular flexibility index (Phi) is 7.40. The van der Waals surface area contributed by atoms with Crippen LogP contribution in [0, 0.1) is 5.92 Å². The number of anilines is 2. The Hall–Kier alpha value is -2.89. The zero-order chi connectivity index (χ0) is 22.3. The van der Waals surface area contributed by atoms with E-state index in [-0.39, 0.29) is 11.9 Å². The summed E-state index contributed by atoms with van der Waals surface area (Å²) in [6, 6.07) is 21.9. The van der Waals surface area contributed by atoms with Gasteiger partial charge in [0.25, 0.3) is 5.91 Å². The first-order valence-electron chi connectivity index (χ1n) is 11.2. The van der Waals surface area contributed by atoms with Gasteiger partial charge in [-0.2, -0.15) is 0 Å². The van der Waals surface area contributed by atoms with Crippen LogP contribution in [-0.2, 0) is 0 Å². The number of halogens is 1. The first-order chi connectivity index (χ1) is 15.6. The number of piperidine rings is 1. The van der Waals surface area contributed by atoms with Crippen molar-refractivity contribution in [3.63, 3.8) is 0 Å². The minimum Gasteiger partial charge on any atom is -0.381 e. The lowest BCUT2D eigenvalue weighted by Crippen LogP contribution is -2.41. The quantitative estimate of drug-likeness (QED) is 0.442. The van der Waals surface area contributed by atoms with E-state index in [1.54, 1.807) is 12.1 Å². The Morgan fingerprint density at radius 1 is 1.03 bits per heavy atom. The van der Waals surface area contributed by atoms with Gasteiger partial charge in [-0.25, -0.2) is 4.98 Å². The summed E-state index contributed by atoms with van der Waals surface area (Å²) in [5.74, 6) is 1.09. The number of nitrogens with one attached hydrogen (secondary N) is 3. The van der Waals surface area contributed by atoms with Crippen molar-refractivity contribution in [2.24, 2.45) is 5.92 Å². The van der Waals surface area contributed by atoms with Gasteiger partial charge >= 0.3 is 0 Å². The molecule has 166 valence electrons. The summed E-state index contributed by atoms with van der Waals surface area (Å²) in [5.41, 5.74) is 2.74. The predicted octanol–water partition coefficient (Wildman–Crippen LogP) is 5.57. The van der Waals surface area contributed by atoms with E-state index in [9.17, 15) is 4.79 Å². The van der Waals surface area contributed by atoms with Crippen molar-refractivity contribution in [1.29, 1.82) is 0 Å². The smallest absolute Gasteiger partial charge is 0.258 e. The van der Waals surface area contributed by atoms with Crippen molar-refractivity contribution in [3.8, 4) is 0 Å². The molecule has 5 nitrogen and oxygen atoms in total. The molecule has 1 aliphatic heterocycles. The van der Waals surface area contributed by atoms with E-state index in [1.807, 2.05) is 30.3 Å². The minimum absolute atomic E-state index is 0.195. The van der Waals surface area contributed by atoms with Crippen LogP contribution in [0.2, 0.25) is 5.02 Å². The first kappa shape index (κ1) is 22.3. The summed E-state index contributed by atoms with van der Waals surface area (Å²) in [6.07, 6.45) is 3.74. The van der Waals surface area contributed by atoms with E-state index in [0.29, 0.717) is 28.2 Å². The second-order valence-electron chi connectivity index (χ2n) is 8.32. The van der Waals surface area contributed by atoms with Crippen LogP contribution in [0.15, 0.2) is 72.9 Å². The zero-order valence-corrected chi connectivity index (χ0v) is 19.0. The van der Waals surface area contributed by atoms with Crippen molar-refractivity contribution < 1.29 is 4.79 Å². The van der Waals surface area contributed by atoms with Gasteiger partial charge in [0.15, 0.2) is 0 Å². The van der Waals surface area contributed by atoms with E-state index >= 15 is 0 Å². The highest BCUT2D eigenvalue weighted by Gasteiger charge is 2.30. The Morgan fingerprint density at radius 2 is 1.75 bits per heavy atom. The van der Waals surface area contributed by atoms with Gasteiger partial charge in [-0.1, -0.05) is 61.0 Å². The number of carbonyl (C=O) groups excluding carboxylic acids is 1. The monoisotopic (exact) mass is 448 g/mol. The highest BCUT2D eigenvalue weighted by atomic mass is 35.5. The van der Waals surface area contributed by atoms with Gasteiger partial charge < -0.3 is 16.0 Å². The van der Waals surface area contributed by atoms with E-state index in [1.165, 1.54) is 11.8 Å². The number of amides is 1. The van der Waals surface area contributed by atoms with Crippen molar-refractivity contribution >= 4 is 29.0 Å². The second-order valence-corrected chi connectivity index (χ2v) is 8.75. The van der Waals surface area contributed by atoms with Gasteiger partial charge in [0.1, 0.15) is 5.82 Å². The molecule has 6 heteroatoms. The fourth-order valence-electron chi connectivity index (χ4n) is 4.44. The van der Waals surface area contributed by atoms with Crippen molar-refractivity contribution in [3.05, 3.63) is 89.1 Å². The summed E-state index contributed by atoms with van der Waals surface area (Å²) in [7, 11) is 0. The predicted molar refractivity (Wildman–Crippen MR) is 132 cm³/mol. The third-order valence-electron chi connectivity index (χ3n) is 6.22. The molecule has 1 fully saturated rings. The van der Waals surface area contributed by atoms with Crippen LogP contribution in [0.25, 0.3) is 0 Å². The van der Waals surface area contributed by atoms with Gasteiger partial charge in [0.05, 0.1) is 10.6 Å². The standard InChI is InChI=1S/C26H29ClN4O/c1-18(19-7-3-2-4-8-19)25(20-13-15-28-16-14-20)30-23-10-6-5-9-22(23)26(32)31-24-12-11-21(27)17-29-24/h2-12,17-18,20,25,28,30H,13-16H2,1H3,(H,29,31,32). The third kappa shape index (κ3) is 5.47. The van der Waals surface area contributed by atoms with Crippen LogP contribution in [0.1, 0.15) is 41.6 Å².